The number of rotatable bonds is 4. The summed E-state index contributed by atoms with van der Waals surface area (Å²) in [5.74, 6) is 1.17. The second kappa shape index (κ2) is 6.32. The fourth-order valence-electron chi connectivity index (χ4n) is 2.69. The summed E-state index contributed by atoms with van der Waals surface area (Å²) < 4.78 is 0. The first-order valence-electron chi connectivity index (χ1n) is 7.11. The number of Topliss-reactive ketones (excluding diaryl/α,β-unsaturated/α-hetero) is 1. The van der Waals surface area contributed by atoms with Crippen LogP contribution < -0.4 is 10.6 Å². The van der Waals surface area contributed by atoms with E-state index in [4.69, 9.17) is 5.73 Å². The zero-order chi connectivity index (χ0) is 14.7. The summed E-state index contributed by atoms with van der Waals surface area (Å²) in [6.07, 6.45) is 3.49. The largest absolute Gasteiger partial charge is 0.356 e. The number of hydrogen-bond donors (Lipinski definition) is 1. The summed E-state index contributed by atoms with van der Waals surface area (Å²) in [5, 5.41) is 1.95. The van der Waals surface area contributed by atoms with Crippen molar-refractivity contribution in [3.63, 3.8) is 0 Å². The van der Waals surface area contributed by atoms with E-state index >= 15 is 0 Å². The Labute approximate surface area is 127 Å². The van der Waals surface area contributed by atoms with Gasteiger partial charge in [-0.2, -0.15) is 0 Å². The van der Waals surface area contributed by atoms with Crippen LogP contribution in [0, 0.1) is 5.92 Å². The van der Waals surface area contributed by atoms with Gasteiger partial charge in [0.15, 0.2) is 5.78 Å². The Morgan fingerprint density at radius 1 is 1.48 bits per heavy atom. The average molecular weight is 302 g/mol. The van der Waals surface area contributed by atoms with Gasteiger partial charge in [-0.25, -0.2) is 9.97 Å². The SMILES string of the molecule is NCc1cc(N2CCCC(C(=O)c3cccs3)C2)ncn1. The van der Waals surface area contributed by atoms with Gasteiger partial charge in [0.25, 0.3) is 0 Å². The van der Waals surface area contributed by atoms with Gasteiger partial charge in [-0.05, 0) is 24.3 Å². The molecule has 0 aromatic carbocycles. The van der Waals surface area contributed by atoms with Crippen molar-refractivity contribution in [1.29, 1.82) is 0 Å². The van der Waals surface area contributed by atoms with Crippen molar-refractivity contribution in [2.24, 2.45) is 11.7 Å². The summed E-state index contributed by atoms with van der Waals surface area (Å²) in [6, 6.07) is 5.75. The van der Waals surface area contributed by atoms with E-state index in [1.165, 1.54) is 11.3 Å². The van der Waals surface area contributed by atoms with Crippen LogP contribution in [0.5, 0.6) is 0 Å². The summed E-state index contributed by atoms with van der Waals surface area (Å²) >= 11 is 1.52. The predicted molar refractivity (Wildman–Crippen MR) is 83.5 cm³/mol. The van der Waals surface area contributed by atoms with Crippen molar-refractivity contribution in [3.05, 3.63) is 40.5 Å². The molecule has 2 N–H and O–H groups in total. The molecule has 21 heavy (non-hydrogen) atoms. The second-order valence-electron chi connectivity index (χ2n) is 5.20. The lowest BCUT2D eigenvalue weighted by Crippen LogP contribution is -2.39. The number of thiophene rings is 1. The molecule has 1 saturated heterocycles. The highest BCUT2D eigenvalue weighted by atomic mass is 32.1. The molecule has 1 unspecified atom stereocenters. The molecule has 1 fully saturated rings. The molecular formula is C15H18N4OS. The number of carbonyl (C=O) groups is 1. The van der Waals surface area contributed by atoms with Crippen LogP contribution in [0.3, 0.4) is 0 Å². The quantitative estimate of drug-likeness (QED) is 0.876. The molecule has 5 nitrogen and oxygen atoms in total. The summed E-state index contributed by atoms with van der Waals surface area (Å²) in [5.41, 5.74) is 6.45. The van der Waals surface area contributed by atoms with Gasteiger partial charge in [0, 0.05) is 31.6 Å². The van der Waals surface area contributed by atoms with Crippen molar-refractivity contribution in [1.82, 2.24) is 9.97 Å². The van der Waals surface area contributed by atoms with Crippen LogP contribution in [0.2, 0.25) is 0 Å². The maximum atomic E-state index is 12.5. The van der Waals surface area contributed by atoms with Gasteiger partial charge in [-0.15, -0.1) is 11.3 Å². The van der Waals surface area contributed by atoms with Crippen molar-refractivity contribution in [3.8, 4) is 0 Å². The van der Waals surface area contributed by atoms with Crippen LogP contribution in [0.1, 0.15) is 28.2 Å². The van der Waals surface area contributed by atoms with E-state index in [-0.39, 0.29) is 11.7 Å². The highest BCUT2D eigenvalue weighted by Crippen LogP contribution is 2.25. The van der Waals surface area contributed by atoms with E-state index in [2.05, 4.69) is 14.9 Å². The van der Waals surface area contributed by atoms with Crippen molar-refractivity contribution in [2.75, 3.05) is 18.0 Å². The van der Waals surface area contributed by atoms with Gasteiger partial charge in [0.1, 0.15) is 12.1 Å². The molecule has 0 amide bonds. The number of ketones is 1. The Morgan fingerprint density at radius 3 is 3.14 bits per heavy atom. The van der Waals surface area contributed by atoms with Gasteiger partial charge >= 0.3 is 0 Å². The number of nitrogens with zero attached hydrogens (tertiary/aromatic N) is 3. The Morgan fingerprint density at radius 2 is 2.38 bits per heavy atom. The highest BCUT2D eigenvalue weighted by Gasteiger charge is 2.27. The lowest BCUT2D eigenvalue weighted by Gasteiger charge is -2.32. The van der Waals surface area contributed by atoms with Gasteiger partial charge in [0.05, 0.1) is 10.6 Å². The maximum absolute atomic E-state index is 12.5. The molecular weight excluding hydrogens is 284 g/mol. The smallest absolute Gasteiger partial charge is 0.177 e. The zero-order valence-electron chi connectivity index (χ0n) is 11.7. The van der Waals surface area contributed by atoms with Crippen LogP contribution in [-0.4, -0.2) is 28.8 Å². The molecule has 0 bridgehead atoms. The van der Waals surface area contributed by atoms with E-state index < -0.39 is 0 Å². The third kappa shape index (κ3) is 3.11. The fourth-order valence-corrected chi connectivity index (χ4v) is 3.43. The third-order valence-electron chi connectivity index (χ3n) is 3.80. The first-order chi connectivity index (χ1) is 10.3. The monoisotopic (exact) mass is 302 g/mol. The van der Waals surface area contributed by atoms with Gasteiger partial charge in [-0.1, -0.05) is 6.07 Å². The maximum Gasteiger partial charge on any atom is 0.177 e. The molecule has 0 saturated carbocycles. The molecule has 2 aromatic heterocycles. The number of carbonyl (C=O) groups excluding carboxylic acids is 1. The molecule has 3 rings (SSSR count). The molecule has 1 aliphatic heterocycles. The van der Waals surface area contributed by atoms with Crippen LogP contribution in [0.15, 0.2) is 29.9 Å². The van der Waals surface area contributed by atoms with E-state index in [1.54, 1.807) is 6.33 Å². The number of piperidine rings is 1. The Hall–Kier alpha value is -1.79. The molecule has 1 atom stereocenters. The van der Waals surface area contributed by atoms with Gasteiger partial charge in [-0.3, -0.25) is 4.79 Å². The summed E-state index contributed by atoms with van der Waals surface area (Å²) in [4.78, 5) is 24.0. The molecule has 0 spiro atoms. The minimum atomic E-state index is 0.0497. The molecule has 2 aromatic rings. The van der Waals surface area contributed by atoms with Crippen LogP contribution in [0.4, 0.5) is 5.82 Å². The predicted octanol–water partition coefficient (Wildman–Crippen LogP) is 2.10. The van der Waals surface area contributed by atoms with Crippen molar-refractivity contribution >= 4 is 22.9 Å². The number of aromatic nitrogens is 2. The lowest BCUT2D eigenvalue weighted by atomic mass is 9.93. The molecule has 6 heteroatoms. The van der Waals surface area contributed by atoms with Gasteiger partial charge < -0.3 is 10.6 Å². The van der Waals surface area contributed by atoms with E-state index in [1.807, 2.05) is 23.6 Å². The summed E-state index contributed by atoms with van der Waals surface area (Å²) in [7, 11) is 0. The first kappa shape index (κ1) is 14.2. The third-order valence-corrected chi connectivity index (χ3v) is 4.68. The Bertz CT molecular complexity index is 614. The highest BCUT2D eigenvalue weighted by molar-refractivity contribution is 7.12. The van der Waals surface area contributed by atoms with E-state index in [9.17, 15) is 4.79 Å². The number of nitrogens with two attached hydrogens (primary N) is 1. The van der Waals surface area contributed by atoms with Crippen molar-refractivity contribution < 1.29 is 4.79 Å². The molecule has 110 valence electrons. The topological polar surface area (TPSA) is 72.1 Å². The number of hydrogen-bond acceptors (Lipinski definition) is 6. The second-order valence-corrected chi connectivity index (χ2v) is 6.15. The minimum Gasteiger partial charge on any atom is -0.356 e. The van der Waals surface area contributed by atoms with Crippen LogP contribution >= 0.6 is 11.3 Å². The first-order valence-corrected chi connectivity index (χ1v) is 7.99. The van der Waals surface area contributed by atoms with Gasteiger partial charge in [0.2, 0.25) is 0 Å². The number of anilines is 1. The summed E-state index contributed by atoms with van der Waals surface area (Å²) in [6.45, 7) is 2.05. The van der Waals surface area contributed by atoms with Crippen LogP contribution in [-0.2, 0) is 6.54 Å². The minimum absolute atomic E-state index is 0.0497. The zero-order valence-corrected chi connectivity index (χ0v) is 12.6. The molecule has 3 heterocycles. The normalized spacial score (nSPS) is 18.7. The average Bonchev–Trinajstić information content (AvgIpc) is 3.09. The fraction of sp³-hybridized carbons (Fsp3) is 0.400. The standard InChI is InChI=1S/C15H18N4OS/c16-8-12-7-14(18-10-17-12)19-5-1-3-11(9-19)15(20)13-4-2-6-21-13/h2,4,6-7,10-11H,1,3,5,8-9,16H2. The van der Waals surface area contributed by atoms with E-state index in [0.717, 1.165) is 42.3 Å². The Kier molecular flexibility index (Phi) is 4.26. The Balaban J connectivity index is 1.75. The molecule has 1 aliphatic rings. The van der Waals surface area contributed by atoms with E-state index in [0.29, 0.717) is 6.54 Å². The van der Waals surface area contributed by atoms with Crippen molar-refractivity contribution in [2.45, 2.75) is 19.4 Å². The molecule has 0 aliphatic carbocycles. The lowest BCUT2D eigenvalue weighted by molar-refractivity contribution is 0.0911. The van der Waals surface area contributed by atoms with Crippen LogP contribution in [0.25, 0.3) is 0 Å². The molecule has 0 radical (unpaired) electrons.